The third-order valence-electron chi connectivity index (χ3n) is 4.27. The molecule has 2 aromatic carbocycles. The van der Waals surface area contributed by atoms with Crippen molar-refractivity contribution in [3.8, 4) is 17.2 Å². The molecule has 3 rings (SSSR count). The molecule has 0 unspecified atom stereocenters. The minimum atomic E-state index is -0.569. The van der Waals surface area contributed by atoms with E-state index in [1.54, 1.807) is 0 Å². The van der Waals surface area contributed by atoms with Crippen LogP contribution in [0, 0.1) is 10.1 Å². The number of carbonyl (C=O) groups is 1. The quantitative estimate of drug-likeness (QED) is 0.341. The van der Waals surface area contributed by atoms with Crippen LogP contribution in [0.25, 0.3) is 0 Å². The molecule has 1 heterocycles. The predicted octanol–water partition coefficient (Wildman–Crippen LogP) is 3.62. The molecule has 164 valence electrons. The fraction of sp³-hybridized carbons (Fsp3) is 0.300. The Kier molecular flexibility index (Phi) is 8.01. The molecular formula is C20H21N3O6S2. The Hall–Kier alpha value is -2.92. The number of hydrazone groups is 1. The summed E-state index contributed by atoms with van der Waals surface area (Å²) in [4.78, 5) is 22.7. The van der Waals surface area contributed by atoms with Crippen LogP contribution in [0.15, 0.2) is 41.5 Å². The second-order valence-corrected chi connectivity index (χ2v) is 8.97. The van der Waals surface area contributed by atoms with Gasteiger partial charge in [-0.25, -0.2) is 5.43 Å². The molecule has 1 aliphatic rings. The van der Waals surface area contributed by atoms with E-state index >= 15 is 0 Å². The monoisotopic (exact) mass is 463 g/mol. The summed E-state index contributed by atoms with van der Waals surface area (Å²) in [6, 6.07) is 10.3. The lowest BCUT2D eigenvalue weighted by atomic mass is 10.1. The van der Waals surface area contributed by atoms with Crippen LogP contribution in [-0.4, -0.2) is 49.4 Å². The molecule has 2 aromatic rings. The van der Waals surface area contributed by atoms with Crippen LogP contribution in [0.1, 0.15) is 15.7 Å². The third kappa shape index (κ3) is 6.05. The molecule has 1 saturated heterocycles. The van der Waals surface area contributed by atoms with Crippen LogP contribution in [0.5, 0.6) is 17.2 Å². The zero-order valence-corrected chi connectivity index (χ0v) is 18.5. The lowest BCUT2D eigenvalue weighted by molar-refractivity contribution is -0.385. The van der Waals surface area contributed by atoms with E-state index in [2.05, 4.69) is 10.5 Å². The van der Waals surface area contributed by atoms with Gasteiger partial charge < -0.3 is 14.2 Å². The Bertz CT molecular complexity index is 962. The SMILES string of the molecule is COc1cc(/C=N\NC(=O)COc2ccc(C3SCCS3)cc2)c([N+](=O)[O-])cc1OC. The number of nitrogens with zero attached hydrogens (tertiary/aromatic N) is 2. The van der Waals surface area contributed by atoms with E-state index in [1.807, 2.05) is 47.8 Å². The lowest BCUT2D eigenvalue weighted by Crippen LogP contribution is -2.24. The van der Waals surface area contributed by atoms with Gasteiger partial charge in [-0.3, -0.25) is 14.9 Å². The van der Waals surface area contributed by atoms with Crippen molar-refractivity contribution in [2.24, 2.45) is 5.10 Å². The largest absolute Gasteiger partial charge is 0.493 e. The van der Waals surface area contributed by atoms with Gasteiger partial charge in [0.1, 0.15) is 5.75 Å². The minimum Gasteiger partial charge on any atom is -0.493 e. The lowest BCUT2D eigenvalue weighted by Gasteiger charge is -2.10. The van der Waals surface area contributed by atoms with Crippen molar-refractivity contribution < 1.29 is 23.9 Å². The Labute approximate surface area is 187 Å². The molecule has 0 bridgehead atoms. The molecule has 9 nitrogen and oxygen atoms in total. The highest BCUT2D eigenvalue weighted by Gasteiger charge is 2.19. The van der Waals surface area contributed by atoms with Crippen molar-refractivity contribution in [3.05, 3.63) is 57.6 Å². The maximum Gasteiger partial charge on any atom is 0.282 e. The van der Waals surface area contributed by atoms with E-state index in [0.29, 0.717) is 16.1 Å². The topological polar surface area (TPSA) is 112 Å². The first-order chi connectivity index (χ1) is 15.0. The fourth-order valence-corrected chi connectivity index (χ4v) is 5.63. The van der Waals surface area contributed by atoms with Gasteiger partial charge in [0.2, 0.25) is 0 Å². The summed E-state index contributed by atoms with van der Waals surface area (Å²) in [5, 5.41) is 15.1. The van der Waals surface area contributed by atoms with E-state index in [4.69, 9.17) is 14.2 Å². The van der Waals surface area contributed by atoms with Gasteiger partial charge >= 0.3 is 0 Å². The molecule has 31 heavy (non-hydrogen) atoms. The number of thioether (sulfide) groups is 2. The Balaban J connectivity index is 1.56. The van der Waals surface area contributed by atoms with Gasteiger partial charge in [-0.2, -0.15) is 5.10 Å². The molecule has 0 spiro atoms. The van der Waals surface area contributed by atoms with Crippen molar-refractivity contribution in [1.29, 1.82) is 0 Å². The highest BCUT2D eigenvalue weighted by molar-refractivity contribution is 8.19. The van der Waals surface area contributed by atoms with E-state index in [1.165, 1.54) is 38.1 Å². The molecular weight excluding hydrogens is 442 g/mol. The van der Waals surface area contributed by atoms with Crippen molar-refractivity contribution >= 4 is 41.3 Å². The van der Waals surface area contributed by atoms with Crippen LogP contribution >= 0.6 is 23.5 Å². The maximum absolute atomic E-state index is 12.0. The van der Waals surface area contributed by atoms with Crippen molar-refractivity contribution in [2.45, 2.75) is 4.58 Å². The summed E-state index contributed by atoms with van der Waals surface area (Å²) < 4.78 is 16.1. The van der Waals surface area contributed by atoms with Crippen LogP contribution in [0.4, 0.5) is 5.69 Å². The van der Waals surface area contributed by atoms with Crippen molar-refractivity contribution in [3.63, 3.8) is 0 Å². The number of carbonyl (C=O) groups excluding carboxylic acids is 1. The average Bonchev–Trinajstić information content (AvgIpc) is 3.32. The number of hydrogen-bond acceptors (Lipinski definition) is 9. The zero-order chi connectivity index (χ0) is 22.2. The normalized spacial score (nSPS) is 13.9. The summed E-state index contributed by atoms with van der Waals surface area (Å²) in [5.74, 6) is 2.92. The molecule has 1 amide bonds. The van der Waals surface area contributed by atoms with Gasteiger partial charge in [0.25, 0.3) is 11.6 Å². The third-order valence-corrected chi connectivity index (χ3v) is 7.37. The Morgan fingerprint density at radius 3 is 2.45 bits per heavy atom. The number of rotatable bonds is 9. The summed E-state index contributed by atoms with van der Waals surface area (Å²) >= 11 is 3.84. The number of amides is 1. The highest BCUT2D eigenvalue weighted by atomic mass is 32.2. The standard InChI is InChI=1S/C20H21N3O6S2/c1-27-17-9-14(16(23(25)26)10-18(17)28-2)11-21-22-19(24)12-29-15-5-3-13(4-6-15)20-30-7-8-31-20/h3-6,9-11,20H,7-8,12H2,1-2H3,(H,22,24)/b21-11-. The van der Waals surface area contributed by atoms with E-state index in [9.17, 15) is 14.9 Å². The predicted molar refractivity (Wildman–Crippen MR) is 122 cm³/mol. The molecule has 0 radical (unpaired) electrons. The van der Waals surface area contributed by atoms with Gasteiger partial charge in [-0.15, -0.1) is 23.5 Å². The average molecular weight is 464 g/mol. The molecule has 0 aliphatic carbocycles. The van der Waals surface area contributed by atoms with E-state index in [-0.39, 0.29) is 23.6 Å². The highest BCUT2D eigenvalue weighted by Crippen LogP contribution is 2.45. The number of nitro benzene ring substituents is 1. The minimum absolute atomic E-state index is 0.155. The second kappa shape index (κ2) is 10.9. The molecule has 0 aromatic heterocycles. The van der Waals surface area contributed by atoms with Crippen LogP contribution in [0.2, 0.25) is 0 Å². The van der Waals surface area contributed by atoms with Gasteiger partial charge in [0, 0.05) is 11.5 Å². The molecule has 1 aliphatic heterocycles. The number of ether oxygens (including phenoxy) is 3. The smallest absolute Gasteiger partial charge is 0.282 e. The van der Waals surface area contributed by atoms with E-state index in [0.717, 1.165) is 11.5 Å². The first-order valence-corrected chi connectivity index (χ1v) is 11.3. The first-order valence-electron chi connectivity index (χ1n) is 9.20. The molecule has 0 saturated carbocycles. The molecule has 1 N–H and O–H groups in total. The Morgan fingerprint density at radius 1 is 1.19 bits per heavy atom. The van der Waals surface area contributed by atoms with Gasteiger partial charge in [0.05, 0.1) is 41.6 Å². The van der Waals surface area contributed by atoms with Gasteiger partial charge in [-0.1, -0.05) is 12.1 Å². The number of nitrogens with one attached hydrogen (secondary N) is 1. The van der Waals surface area contributed by atoms with Crippen LogP contribution < -0.4 is 19.6 Å². The summed E-state index contributed by atoms with van der Waals surface area (Å²) in [6.07, 6.45) is 1.17. The number of benzene rings is 2. The van der Waals surface area contributed by atoms with Gasteiger partial charge in [-0.05, 0) is 23.8 Å². The first kappa shape index (κ1) is 22.8. The second-order valence-electron chi connectivity index (χ2n) is 6.25. The van der Waals surface area contributed by atoms with Gasteiger partial charge in [0.15, 0.2) is 18.1 Å². The fourth-order valence-electron chi connectivity index (χ4n) is 2.77. The van der Waals surface area contributed by atoms with Crippen LogP contribution in [0.3, 0.4) is 0 Å². The summed E-state index contributed by atoms with van der Waals surface area (Å²) in [7, 11) is 2.80. The zero-order valence-electron chi connectivity index (χ0n) is 16.9. The summed E-state index contributed by atoms with van der Waals surface area (Å²) in [5.41, 5.74) is 3.44. The van der Waals surface area contributed by atoms with E-state index < -0.39 is 10.8 Å². The molecule has 0 atom stereocenters. The van der Waals surface area contributed by atoms with Crippen molar-refractivity contribution in [2.75, 3.05) is 32.3 Å². The number of methoxy groups -OCH3 is 2. The molecule has 1 fully saturated rings. The summed E-state index contributed by atoms with van der Waals surface area (Å²) in [6.45, 7) is -0.238. The Morgan fingerprint density at radius 2 is 1.84 bits per heavy atom. The number of nitro groups is 1. The maximum atomic E-state index is 12.0. The van der Waals surface area contributed by atoms with Crippen molar-refractivity contribution in [1.82, 2.24) is 5.43 Å². The van der Waals surface area contributed by atoms with Crippen LogP contribution in [-0.2, 0) is 4.79 Å². The molecule has 11 heteroatoms. The number of hydrogen-bond donors (Lipinski definition) is 1.